The molecule has 0 aromatic heterocycles. The molecule has 0 bridgehead atoms. The van der Waals surface area contributed by atoms with Crippen LogP contribution in [0.25, 0.3) is 0 Å². The highest BCUT2D eigenvalue weighted by molar-refractivity contribution is 8.14. The smallest absolute Gasteiger partial charge is 0.315 e. The first kappa shape index (κ1) is 17.1. The number of carbonyl (C=O) groups is 2. The summed E-state index contributed by atoms with van der Waals surface area (Å²) in [5.74, 6) is -0.835. The van der Waals surface area contributed by atoms with E-state index in [1.807, 2.05) is 6.07 Å². The predicted octanol–water partition coefficient (Wildman–Crippen LogP) is 4.65. The molecule has 3 nitrogen and oxygen atoms in total. The van der Waals surface area contributed by atoms with Gasteiger partial charge in [0, 0.05) is 10.8 Å². The second-order valence-corrected chi connectivity index (χ2v) is 7.33. The molecular formula is C18H24O3S. The van der Waals surface area contributed by atoms with Crippen LogP contribution in [0.4, 0.5) is 0 Å². The topological polar surface area (TPSA) is 54.4 Å². The first-order valence-electron chi connectivity index (χ1n) is 8.05. The van der Waals surface area contributed by atoms with Gasteiger partial charge in [-0.25, -0.2) is 0 Å². The summed E-state index contributed by atoms with van der Waals surface area (Å²) in [6.45, 7) is 3.94. The van der Waals surface area contributed by atoms with Crippen molar-refractivity contribution in [3.05, 3.63) is 35.4 Å². The summed E-state index contributed by atoms with van der Waals surface area (Å²) in [4.78, 5) is 24.3. The van der Waals surface area contributed by atoms with Crippen LogP contribution >= 0.6 is 11.8 Å². The molecule has 1 heterocycles. The molecule has 0 spiro atoms. The second-order valence-electron chi connectivity index (χ2n) is 6.15. The largest absolute Gasteiger partial charge is 0.481 e. The summed E-state index contributed by atoms with van der Waals surface area (Å²) >= 11 is 1.21. The van der Waals surface area contributed by atoms with Crippen molar-refractivity contribution in [1.29, 1.82) is 0 Å². The molecule has 1 N–H and O–H groups in total. The third kappa shape index (κ3) is 3.22. The van der Waals surface area contributed by atoms with Crippen LogP contribution in [0.3, 0.4) is 0 Å². The number of carbonyl (C=O) groups excluding carboxylic acids is 1. The van der Waals surface area contributed by atoms with Gasteiger partial charge in [0.25, 0.3) is 0 Å². The van der Waals surface area contributed by atoms with Gasteiger partial charge >= 0.3 is 5.97 Å². The number of carboxylic acid groups (broad SMARTS) is 1. The molecule has 120 valence electrons. The molecule has 4 heteroatoms. The van der Waals surface area contributed by atoms with Crippen LogP contribution in [0, 0.1) is 0 Å². The van der Waals surface area contributed by atoms with Crippen LogP contribution < -0.4 is 0 Å². The normalized spacial score (nSPS) is 24.1. The molecule has 1 aromatic carbocycles. The molecule has 22 heavy (non-hydrogen) atoms. The monoisotopic (exact) mass is 320 g/mol. The van der Waals surface area contributed by atoms with Gasteiger partial charge in [0.15, 0.2) is 0 Å². The van der Waals surface area contributed by atoms with E-state index in [-0.39, 0.29) is 10.4 Å². The summed E-state index contributed by atoms with van der Waals surface area (Å²) in [5.41, 5.74) is 0.240. The predicted molar refractivity (Wildman–Crippen MR) is 90.5 cm³/mol. The molecule has 0 aliphatic carbocycles. The van der Waals surface area contributed by atoms with Crippen molar-refractivity contribution in [1.82, 2.24) is 0 Å². The number of carboxylic acids is 1. The average molecular weight is 320 g/mol. The van der Waals surface area contributed by atoms with Gasteiger partial charge in [-0.05, 0) is 18.9 Å². The lowest BCUT2D eigenvalue weighted by molar-refractivity contribution is -0.143. The van der Waals surface area contributed by atoms with E-state index in [1.165, 1.54) is 31.0 Å². The third-order valence-electron chi connectivity index (χ3n) is 4.61. The Morgan fingerprint density at radius 2 is 1.91 bits per heavy atom. The van der Waals surface area contributed by atoms with Crippen molar-refractivity contribution >= 4 is 22.8 Å². The molecule has 1 aliphatic rings. The Balaban J connectivity index is 2.20. The van der Waals surface area contributed by atoms with Crippen molar-refractivity contribution < 1.29 is 14.7 Å². The van der Waals surface area contributed by atoms with Crippen molar-refractivity contribution in [2.75, 3.05) is 0 Å². The molecule has 0 radical (unpaired) electrons. The number of thioether (sulfide) groups is 1. The zero-order valence-corrected chi connectivity index (χ0v) is 14.1. The molecule has 1 aliphatic heterocycles. The average Bonchev–Trinajstić information content (AvgIpc) is 2.51. The standard InChI is InChI=1S/C18H24O3S/c1-3-4-5-6-7-12-15-18(2,17(20)21)14-11-9-8-10-13(14)16(19)22-15/h8-11,15H,3-7,12H2,1-2H3,(H,20,21). The first-order valence-corrected chi connectivity index (χ1v) is 8.93. The number of unbranched alkanes of at least 4 members (excludes halogenated alkanes) is 4. The van der Waals surface area contributed by atoms with Crippen LogP contribution in [0.1, 0.15) is 68.3 Å². The Labute approximate surface area is 136 Å². The van der Waals surface area contributed by atoms with Gasteiger partial charge in [0.2, 0.25) is 5.12 Å². The maximum absolute atomic E-state index is 12.3. The van der Waals surface area contributed by atoms with Crippen LogP contribution in [-0.2, 0) is 10.2 Å². The molecule has 2 rings (SSSR count). The van der Waals surface area contributed by atoms with Crippen LogP contribution in [0.15, 0.2) is 24.3 Å². The zero-order valence-electron chi connectivity index (χ0n) is 13.3. The van der Waals surface area contributed by atoms with Crippen molar-refractivity contribution in [3.63, 3.8) is 0 Å². The van der Waals surface area contributed by atoms with Gasteiger partial charge in [-0.15, -0.1) is 0 Å². The summed E-state index contributed by atoms with van der Waals surface area (Å²) in [7, 11) is 0. The van der Waals surface area contributed by atoms with E-state index >= 15 is 0 Å². The van der Waals surface area contributed by atoms with Gasteiger partial charge in [-0.2, -0.15) is 0 Å². The number of rotatable bonds is 7. The lowest BCUT2D eigenvalue weighted by atomic mass is 9.75. The first-order chi connectivity index (χ1) is 10.5. The van der Waals surface area contributed by atoms with Gasteiger partial charge in [-0.1, -0.05) is 75.1 Å². The Hall–Kier alpha value is -1.29. The number of fused-ring (bicyclic) bond motifs is 1. The quantitative estimate of drug-likeness (QED) is 0.743. The number of aliphatic carboxylic acids is 1. The van der Waals surface area contributed by atoms with Gasteiger partial charge in [-0.3, -0.25) is 9.59 Å². The molecule has 2 unspecified atom stereocenters. The SMILES string of the molecule is CCCCCCCC1SC(=O)c2ccccc2C1(C)C(=O)O. The number of hydrogen-bond acceptors (Lipinski definition) is 3. The van der Waals surface area contributed by atoms with E-state index in [2.05, 4.69) is 6.92 Å². The highest BCUT2D eigenvalue weighted by Gasteiger charge is 2.49. The Morgan fingerprint density at radius 3 is 2.59 bits per heavy atom. The maximum atomic E-state index is 12.3. The van der Waals surface area contributed by atoms with E-state index in [1.54, 1.807) is 25.1 Å². The minimum Gasteiger partial charge on any atom is -0.481 e. The maximum Gasteiger partial charge on any atom is 0.315 e. The van der Waals surface area contributed by atoms with E-state index in [4.69, 9.17) is 0 Å². The van der Waals surface area contributed by atoms with Gasteiger partial charge < -0.3 is 5.11 Å². The summed E-state index contributed by atoms with van der Waals surface area (Å²) in [6.07, 6.45) is 6.46. The Kier molecular flexibility index (Phi) is 5.68. The highest BCUT2D eigenvalue weighted by atomic mass is 32.2. The fourth-order valence-electron chi connectivity index (χ4n) is 3.13. The molecule has 0 saturated heterocycles. The van der Waals surface area contributed by atoms with Crippen molar-refractivity contribution in [3.8, 4) is 0 Å². The molecule has 0 amide bonds. The molecular weight excluding hydrogens is 296 g/mol. The van der Waals surface area contributed by atoms with E-state index in [0.29, 0.717) is 11.1 Å². The molecule has 0 fully saturated rings. The van der Waals surface area contributed by atoms with Gasteiger partial charge in [0.1, 0.15) is 5.41 Å². The summed E-state index contributed by atoms with van der Waals surface area (Å²) < 4.78 is 0. The zero-order chi connectivity index (χ0) is 16.2. The van der Waals surface area contributed by atoms with Crippen LogP contribution in [0.2, 0.25) is 0 Å². The van der Waals surface area contributed by atoms with Crippen molar-refractivity contribution in [2.45, 2.75) is 63.0 Å². The lowest BCUT2D eigenvalue weighted by Crippen LogP contribution is -2.46. The summed E-state index contributed by atoms with van der Waals surface area (Å²) in [5, 5.41) is 9.64. The fraction of sp³-hybridized carbons (Fsp3) is 0.556. The molecule has 1 aromatic rings. The van der Waals surface area contributed by atoms with Crippen LogP contribution in [-0.4, -0.2) is 21.4 Å². The highest BCUT2D eigenvalue weighted by Crippen LogP contribution is 2.45. The summed E-state index contributed by atoms with van der Waals surface area (Å²) in [6, 6.07) is 7.15. The van der Waals surface area contributed by atoms with Gasteiger partial charge in [0.05, 0.1) is 0 Å². The number of benzene rings is 1. The Bertz CT molecular complexity index is 555. The Morgan fingerprint density at radius 1 is 1.23 bits per heavy atom. The third-order valence-corrected chi connectivity index (χ3v) is 6.04. The van der Waals surface area contributed by atoms with E-state index in [0.717, 1.165) is 19.3 Å². The minimum atomic E-state index is -0.986. The molecule has 2 atom stereocenters. The van der Waals surface area contributed by atoms with E-state index in [9.17, 15) is 14.7 Å². The second kappa shape index (κ2) is 7.32. The lowest BCUT2D eigenvalue weighted by Gasteiger charge is -2.38. The minimum absolute atomic E-state index is 0.00730. The molecule has 0 saturated carbocycles. The van der Waals surface area contributed by atoms with Crippen LogP contribution in [0.5, 0.6) is 0 Å². The number of hydrogen-bond donors (Lipinski definition) is 1. The van der Waals surface area contributed by atoms with E-state index < -0.39 is 11.4 Å². The van der Waals surface area contributed by atoms with Crippen molar-refractivity contribution in [2.24, 2.45) is 0 Å². The fourth-order valence-corrected chi connectivity index (χ4v) is 4.44.